The second kappa shape index (κ2) is 9.41. The SMILES string of the molecule is CCOc1ccccc1NC(=O)CCS(=O)(=O)c1ccc(OC(C)C)cc1. The summed E-state index contributed by atoms with van der Waals surface area (Å²) in [7, 11) is -3.56. The molecule has 1 N–H and O–H groups in total. The summed E-state index contributed by atoms with van der Waals surface area (Å²) in [5.41, 5.74) is 0.525. The van der Waals surface area contributed by atoms with Crippen molar-refractivity contribution in [2.75, 3.05) is 17.7 Å². The lowest BCUT2D eigenvalue weighted by molar-refractivity contribution is -0.115. The highest BCUT2D eigenvalue weighted by atomic mass is 32.2. The van der Waals surface area contributed by atoms with Gasteiger partial charge in [-0.1, -0.05) is 12.1 Å². The minimum Gasteiger partial charge on any atom is -0.492 e. The molecule has 0 bridgehead atoms. The topological polar surface area (TPSA) is 81.7 Å². The Hall–Kier alpha value is -2.54. The highest BCUT2D eigenvalue weighted by Gasteiger charge is 2.17. The average Bonchev–Trinajstić information content (AvgIpc) is 2.62. The maximum absolute atomic E-state index is 12.4. The monoisotopic (exact) mass is 391 g/mol. The highest BCUT2D eigenvalue weighted by molar-refractivity contribution is 7.91. The molecule has 0 radical (unpaired) electrons. The van der Waals surface area contributed by atoms with Crippen LogP contribution in [0.3, 0.4) is 0 Å². The van der Waals surface area contributed by atoms with Crippen LogP contribution in [-0.4, -0.2) is 32.8 Å². The predicted octanol–water partition coefficient (Wildman–Crippen LogP) is 3.68. The Balaban J connectivity index is 1.97. The van der Waals surface area contributed by atoms with Crippen molar-refractivity contribution in [3.8, 4) is 11.5 Å². The highest BCUT2D eigenvalue weighted by Crippen LogP contribution is 2.24. The van der Waals surface area contributed by atoms with Gasteiger partial charge in [-0.2, -0.15) is 0 Å². The molecule has 0 spiro atoms. The van der Waals surface area contributed by atoms with Gasteiger partial charge in [-0.3, -0.25) is 4.79 Å². The molecular formula is C20H25NO5S. The van der Waals surface area contributed by atoms with E-state index in [9.17, 15) is 13.2 Å². The third-order valence-electron chi connectivity index (χ3n) is 3.61. The van der Waals surface area contributed by atoms with E-state index in [0.717, 1.165) is 0 Å². The Morgan fingerprint density at radius 1 is 1.07 bits per heavy atom. The Bertz CT molecular complexity index is 860. The Labute approximate surface area is 160 Å². The van der Waals surface area contributed by atoms with Gasteiger partial charge in [0, 0.05) is 6.42 Å². The number of benzene rings is 2. The molecule has 0 unspecified atom stereocenters. The number of hydrogen-bond donors (Lipinski definition) is 1. The maximum Gasteiger partial charge on any atom is 0.225 e. The lowest BCUT2D eigenvalue weighted by atomic mass is 10.3. The fourth-order valence-electron chi connectivity index (χ4n) is 2.41. The minimum absolute atomic E-state index is 0.00992. The number of carbonyl (C=O) groups is 1. The summed E-state index contributed by atoms with van der Waals surface area (Å²) in [4.78, 5) is 12.3. The van der Waals surface area contributed by atoms with Gasteiger partial charge in [-0.25, -0.2) is 8.42 Å². The van der Waals surface area contributed by atoms with Crippen molar-refractivity contribution >= 4 is 21.4 Å². The molecule has 0 saturated heterocycles. The maximum atomic E-state index is 12.4. The predicted molar refractivity (Wildman–Crippen MR) is 105 cm³/mol. The van der Waals surface area contributed by atoms with Gasteiger partial charge in [-0.15, -0.1) is 0 Å². The van der Waals surface area contributed by atoms with Gasteiger partial charge in [0.05, 0.1) is 29.0 Å². The summed E-state index contributed by atoms with van der Waals surface area (Å²) in [5.74, 6) is 0.497. The molecule has 7 heteroatoms. The zero-order valence-corrected chi connectivity index (χ0v) is 16.6. The van der Waals surface area contributed by atoms with Crippen LogP contribution in [0.25, 0.3) is 0 Å². The van der Waals surface area contributed by atoms with E-state index in [2.05, 4.69) is 5.32 Å². The van der Waals surface area contributed by atoms with Crippen LogP contribution >= 0.6 is 0 Å². The van der Waals surface area contributed by atoms with Crippen LogP contribution in [0.1, 0.15) is 27.2 Å². The van der Waals surface area contributed by atoms with E-state index < -0.39 is 9.84 Å². The van der Waals surface area contributed by atoms with E-state index in [1.807, 2.05) is 20.8 Å². The number of rotatable bonds is 9. The summed E-state index contributed by atoms with van der Waals surface area (Å²) in [5, 5.41) is 2.70. The third-order valence-corrected chi connectivity index (χ3v) is 5.35. The van der Waals surface area contributed by atoms with Crippen LogP contribution in [-0.2, 0) is 14.6 Å². The quantitative estimate of drug-likeness (QED) is 0.705. The fraction of sp³-hybridized carbons (Fsp3) is 0.350. The molecule has 1 amide bonds. The van der Waals surface area contributed by atoms with Crippen LogP contribution in [0.15, 0.2) is 53.4 Å². The lowest BCUT2D eigenvalue weighted by Crippen LogP contribution is -2.18. The molecule has 6 nitrogen and oxygen atoms in total. The molecule has 0 aromatic heterocycles. The van der Waals surface area contributed by atoms with Crippen LogP contribution in [0.5, 0.6) is 11.5 Å². The van der Waals surface area contributed by atoms with E-state index >= 15 is 0 Å². The average molecular weight is 391 g/mol. The second-order valence-corrected chi connectivity index (χ2v) is 8.29. The molecule has 0 aliphatic carbocycles. The van der Waals surface area contributed by atoms with E-state index in [4.69, 9.17) is 9.47 Å². The summed E-state index contributed by atoms with van der Waals surface area (Å²) >= 11 is 0. The smallest absolute Gasteiger partial charge is 0.225 e. The van der Waals surface area contributed by atoms with Gasteiger partial charge in [0.15, 0.2) is 9.84 Å². The first kappa shape index (κ1) is 20.8. The van der Waals surface area contributed by atoms with Gasteiger partial charge in [0.2, 0.25) is 5.91 Å². The standard InChI is InChI=1S/C20H25NO5S/c1-4-25-19-8-6-5-7-18(19)21-20(22)13-14-27(23,24)17-11-9-16(10-12-17)26-15(2)3/h5-12,15H,4,13-14H2,1-3H3,(H,21,22). The second-order valence-electron chi connectivity index (χ2n) is 6.18. The van der Waals surface area contributed by atoms with Crippen LogP contribution < -0.4 is 14.8 Å². The Morgan fingerprint density at radius 2 is 1.74 bits per heavy atom. The fourth-order valence-corrected chi connectivity index (χ4v) is 3.65. The van der Waals surface area contributed by atoms with Crippen molar-refractivity contribution in [3.05, 3.63) is 48.5 Å². The molecule has 0 aliphatic rings. The number of ether oxygens (including phenoxy) is 2. The van der Waals surface area contributed by atoms with E-state index in [0.29, 0.717) is 23.8 Å². The molecule has 0 heterocycles. The zero-order chi connectivity index (χ0) is 19.9. The number of carbonyl (C=O) groups excluding carboxylic acids is 1. The zero-order valence-electron chi connectivity index (χ0n) is 15.8. The van der Waals surface area contributed by atoms with Crippen molar-refractivity contribution in [2.45, 2.75) is 38.2 Å². The molecule has 0 fully saturated rings. The van der Waals surface area contributed by atoms with E-state index in [1.54, 1.807) is 36.4 Å². The molecule has 2 aromatic rings. The summed E-state index contributed by atoms with van der Waals surface area (Å²) < 4.78 is 35.8. The van der Waals surface area contributed by atoms with Crippen LogP contribution in [0.4, 0.5) is 5.69 Å². The molecule has 146 valence electrons. The van der Waals surface area contributed by atoms with Gasteiger partial charge >= 0.3 is 0 Å². The van der Waals surface area contributed by atoms with Crippen LogP contribution in [0, 0.1) is 0 Å². The molecular weight excluding hydrogens is 366 g/mol. The van der Waals surface area contributed by atoms with Crippen LogP contribution in [0.2, 0.25) is 0 Å². The van der Waals surface area contributed by atoms with Gasteiger partial charge in [0.25, 0.3) is 0 Å². The molecule has 0 aliphatic heterocycles. The molecule has 0 saturated carbocycles. The van der Waals surface area contributed by atoms with Gasteiger partial charge in [0.1, 0.15) is 11.5 Å². The normalized spacial score (nSPS) is 11.3. The van der Waals surface area contributed by atoms with Crippen molar-refractivity contribution in [1.29, 1.82) is 0 Å². The van der Waals surface area contributed by atoms with Crippen molar-refractivity contribution in [3.63, 3.8) is 0 Å². The lowest BCUT2D eigenvalue weighted by Gasteiger charge is -2.12. The molecule has 2 aromatic carbocycles. The van der Waals surface area contributed by atoms with E-state index in [-0.39, 0.29) is 29.1 Å². The van der Waals surface area contributed by atoms with Crippen molar-refractivity contribution in [2.24, 2.45) is 0 Å². The molecule has 27 heavy (non-hydrogen) atoms. The first-order valence-corrected chi connectivity index (χ1v) is 10.5. The number of nitrogens with one attached hydrogen (secondary N) is 1. The van der Waals surface area contributed by atoms with Crippen molar-refractivity contribution in [1.82, 2.24) is 0 Å². The minimum atomic E-state index is -3.56. The third kappa shape index (κ3) is 6.29. The Morgan fingerprint density at radius 3 is 2.37 bits per heavy atom. The van der Waals surface area contributed by atoms with E-state index in [1.165, 1.54) is 12.1 Å². The Kier molecular flexibility index (Phi) is 7.24. The first-order valence-electron chi connectivity index (χ1n) is 8.83. The summed E-state index contributed by atoms with van der Waals surface area (Å²) in [6.07, 6.45) is -0.136. The van der Waals surface area contributed by atoms with Crippen molar-refractivity contribution < 1.29 is 22.7 Å². The number of hydrogen-bond acceptors (Lipinski definition) is 5. The number of para-hydroxylation sites is 2. The number of amides is 1. The summed E-state index contributed by atoms with van der Waals surface area (Å²) in [6.45, 7) is 6.11. The first-order chi connectivity index (χ1) is 12.8. The molecule has 0 atom stereocenters. The number of anilines is 1. The summed E-state index contributed by atoms with van der Waals surface area (Å²) in [6, 6.07) is 13.3. The number of sulfone groups is 1. The molecule has 2 rings (SSSR count). The van der Waals surface area contributed by atoms with Gasteiger partial charge in [-0.05, 0) is 57.2 Å². The van der Waals surface area contributed by atoms with Gasteiger partial charge < -0.3 is 14.8 Å². The largest absolute Gasteiger partial charge is 0.492 e.